The number of rotatable bonds is 6. The van der Waals surface area contributed by atoms with Crippen molar-refractivity contribution in [3.63, 3.8) is 0 Å². The van der Waals surface area contributed by atoms with Crippen molar-refractivity contribution in [3.05, 3.63) is 177 Å². The molecule has 0 bridgehead atoms. The van der Waals surface area contributed by atoms with E-state index in [2.05, 4.69) is 200 Å². The van der Waals surface area contributed by atoms with Gasteiger partial charge in [0.15, 0.2) is 0 Å². The molecule has 0 saturated heterocycles. The van der Waals surface area contributed by atoms with Crippen LogP contribution in [0.4, 0.5) is 34.1 Å². The Bertz CT molecular complexity index is 3300. The third-order valence-corrected chi connectivity index (χ3v) is 16.5. The van der Waals surface area contributed by atoms with Gasteiger partial charge in [0.2, 0.25) is 0 Å². The molecule has 0 aromatic heterocycles. The fourth-order valence-electron chi connectivity index (χ4n) is 13.9. The molecule has 8 aromatic carbocycles. The van der Waals surface area contributed by atoms with Crippen LogP contribution in [-0.4, -0.2) is 0 Å². The molecule has 0 N–H and O–H groups in total. The van der Waals surface area contributed by atoms with Gasteiger partial charge in [-0.3, -0.25) is 0 Å². The van der Waals surface area contributed by atoms with Gasteiger partial charge in [-0.05, 0) is 213 Å². The van der Waals surface area contributed by atoms with E-state index >= 15 is 0 Å². The fourth-order valence-corrected chi connectivity index (χ4v) is 13.9. The van der Waals surface area contributed by atoms with E-state index < -0.39 is 0 Å². The van der Waals surface area contributed by atoms with E-state index in [1.807, 2.05) is 0 Å². The van der Waals surface area contributed by atoms with E-state index in [1.165, 1.54) is 142 Å². The van der Waals surface area contributed by atoms with Gasteiger partial charge in [-0.25, -0.2) is 0 Å². The molecular weight excluding hydrogens is 785 g/mol. The summed E-state index contributed by atoms with van der Waals surface area (Å²) < 4.78 is 0. The van der Waals surface area contributed by atoms with Crippen LogP contribution in [0.25, 0.3) is 32.3 Å². The maximum absolute atomic E-state index is 2.61. The zero-order chi connectivity index (χ0) is 44.8. The molecule has 0 unspecified atom stereocenters. The first kappa shape index (κ1) is 40.6. The van der Waals surface area contributed by atoms with E-state index in [0.717, 1.165) is 25.7 Å². The molecule has 0 amide bonds. The predicted octanol–water partition coefficient (Wildman–Crippen LogP) is 17.3. The van der Waals surface area contributed by atoms with Crippen LogP contribution in [0.5, 0.6) is 0 Å². The molecule has 0 saturated carbocycles. The Kier molecular flexibility index (Phi) is 8.80. The molecule has 12 rings (SSSR count). The molecule has 0 aliphatic heterocycles. The van der Waals surface area contributed by atoms with Crippen LogP contribution < -0.4 is 9.80 Å². The molecule has 4 aliphatic carbocycles. The second-order valence-corrected chi connectivity index (χ2v) is 23.1. The van der Waals surface area contributed by atoms with Gasteiger partial charge in [-0.1, -0.05) is 122 Å². The van der Waals surface area contributed by atoms with Crippen LogP contribution in [0, 0.1) is 6.92 Å². The lowest BCUT2D eigenvalue weighted by Crippen LogP contribution is -2.18. The van der Waals surface area contributed by atoms with Crippen molar-refractivity contribution in [2.24, 2.45) is 0 Å². The Morgan fingerprint density at radius 2 is 0.754 bits per heavy atom. The predicted molar refractivity (Wildman–Crippen MR) is 278 cm³/mol. The maximum atomic E-state index is 2.61. The summed E-state index contributed by atoms with van der Waals surface area (Å²) in [6.07, 6.45) is 9.40. The molecule has 2 heteroatoms. The standard InChI is InChI=1S/C63H64N2/c1-39-20-27-49-52-35-58(64(44-23-21-40-14-12-16-42(40)31-44)46-25-28-54-56(33-46)62(6,7)37-60(54,2)3)50-19-11-10-18-48(50)51(52)36-59(53(49)30-39)65(45-24-22-41-15-13-17-43(41)32-45)47-26-29-55-57(34-47)63(8,9)38-61(55,4)5/h10-11,18-36H,12-17,37-38H2,1-9H3. The molecule has 65 heavy (non-hydrogen) atoms. The van der Waals surface area contributed by atoms with Crippen LogP contribution in [0.2, 0.25) is 0 Å². The van der Waals surface area contributed by atoms with Gasteiger partial charge in [-0.2, -0.15) is 0 Å². The minimum atomic E-state index is 0.0859. The van der Waals surface area contributed by atoms with Crippen LogP contribution in [-0.2, 0) is 47.3 Å². The Labute approximate surface area is 387 Å². The number of anilines is 6. The summed E-state index contributed by atoms with van der Waals surface area (Å²) in [5.74, 6) is 0. The fraction of sp³-hybridized carbons (Fsp3) is 0.333. The lowest BCUT2D eigenvalue weighted by atomic mass is 9.82. The number of fused-ring (bicyclic) bond motifs is 9. The van der Waals surface area contributed by atoms with Crippen LogP contribution in [0.3, 0.4) is 0 Å². The van der Waals surface area contributed by atoms with E-state index in [9.17, 15) is 0 Å². The molecule has 0 heterocycles. The van der Waals surface area contributed by atoms with Crippen molar-refractivity contribution >= 4 is 66.4 Å². The van der Waals surface area contributed by atoms with Gasteiger partial charge in [0.05, 0.1) is 11.4 Å². The van der Waals surface area contributed by atoms with Gasteiger partial charge < -0.3 is 9.80 Å². The number of aryl methyl sites for hydroxylation is 5. The van der Waals surface area contributed by atoms with E-state index in [1.54, 1.807) is 0 Å². The maximum Gasteiger partial charge on any atom is 0.0546 e. The van der Waals surface area contributed by atoms with Crippen LogP contribution >= 0.6 is 0 Å². The second kappa shape index (κ2) is 14.1. The number of hydrogen-bond donors (Lipinski definition) is 0. The Morgan fingerprint density at radius 1 is 0.338 bits per heavy atom. The highest BCUT2D eigenvalue weighted by Gasteiger charge is 2.43. The molecule has 0 spiro atoms. The summed E-state index contributed by atoms with van der Waals surface area (Å²) in [5, 5.41) is 7.69. The highest BCUT2D eigenvalue weighted by molar-refractivity contribution is 6.24. The van der Waals surface area contributed by atoms with Crippen molar-refractivity contribution in [2.45, 2.75) is 135 Å². The summed E-state index contributed by atoms with van der Waals surface area (Å²) >= 11 is 0. The van der Waals surface area contributed by atoms with Gasteiger partial charge in [0.25, 0.3) is 0 Å². The Balaban J connectivity index is 1.14. The normalized spacial score (nSPS) is 18.2. The molecule has 4 aliphatic rings. The topological polar surface area (TPSA) is 6.48 Å². The average molecular weight is 849 g/mol. The van der Waals surface area contributed by atoms with Gasteiger partial charge in [-0.15, -0.1) is 0 Å². The number of nitrogens with zero attached hydrogens (tertiary/aromatic N) is 2. The van der Waals surface area contributed by atoms with Gasteiger partial charge in [0.1, 0.15) is 0 Å². The number of benzene rings is 8. The lowest BCUT2D eigenvalue weighted by molar-refractivity contribution is 0.402. The van der Waals surface area contributed by atoms with Crippen LogP contribution in [0.1, 0.15) is 131 Å². The SMILES string of the molecule is Cc1ccc2c(c1)c(N(c1ccc3c(c1)CCC3)c1ccc3c(c1)C(C)(C)CC3(C)C)cc1c3ccccc3c(N(c3ccc4c(c3)CCC4)c3ccc4c(c3)C(C)(C)CC4(C)C)cc21. The minimum Gasteiger partial charge on any atom is -0.310 e. The molecule has 0 radical (unpaired) electrons. The summed E-state index contributed by atoms with van der Waals surface area (Å²) in [4.78, 5) is 5.20. The summed E-state index contributed by atoms with van der Waals surface area (Å²) in [6.45, 7) is 21.7. The average Bonchev–Trinajstić information content (AvgIpc) is 4.02. The molecule has 2 nitrogen and oxygen atoms in total. The van der Waals surface area contributed by atoms with Crippen molar-refractivity contribution < 1.29 is 0 Å². The zero-order valence-corrected chi connectivity index (χ0v) is 40.2. The van der Waals surface area contributed by atoms with Gasteiger partial charge >= 0.3 is 0 Å². The Morgan fingerprint density at radius 3 is 1.28 bits per heavy atom. The monoisotopic (exact) mass is 849 g/mol. The second-order valence-electron chi connectivity index (χ2n) is 23.1. The van der Waals surface area contributed by atoms with Crippen molar-refractivity contribution in [2.75, 3.05) is 9.80 Å². The van der Waals surface area contributed by atoms with E-state index in [-0.39, 0.29) is 21.7 Å². The zero-order valence-electron chi connectivity index (χ0n) is 40.2. The lowest BCUT2D eigenvalue weighted by Gasteiger charge is -2.31. The first-order valence-electron chi connectivity index (χ1n) is 24.6. The van der Waals surface area contributed by atoms with Crippen molar-refractivity contribution in [3.8, 4) is 0 Å². The van der Waals surface area contributed by atoms with Crippen molar-refractivity contribution in [1.29, 1.82) is 0 Å². The summed E-state index contributed by atoms with van der Waals surface area (Å²) in [5.41, 5.74) is 21.1. The van der Waals surface area contributed by atoms with E-state index in [4.69, 9.17) is 0 Å². The minimum absolute atomic E-state index is 0.0859. The quantitative estimate of drug-likeness (QED) is 0.154. The van der Waals surface area contributed by atoms with Gasteiger partial charge in [0, 0.05) is 33.5 Å². The van der Waals surface area contributed by atoms with E-state index in [0.29, 0.717) is 0 Å². The first-order valence-corrected chi connectivity index (χ1v) is 24.6. The Hall–Kier alpha value is -5.86. The third kappa shape index (κ3) is 6.33. The molecule has 0 fully saturated rings. The smallest absolute Gasteiger partial charge is 0.0546 e. The number of hydrogen-bond acceptors (Lipinski definition) is 2. The molecule has 0 atom stereocenters. The molecular formula is C63H64N2. The molecule has 8 aromatic rings. The molecule has 326 valence electrons. The highest BCUT2D eigenvalue weighted by Crippen LogP contribution is 2.55. The first-order chi connectivity index (χ1) is 31.1. The van der Waals surface area contributed by atoms with Crippen LogP contribution in [0.15, 0.2) is 127 Å². The van der Waals surface area contributed by atoms with Crippen molar-refractivity contribution in [1.82, 2.24) is 0 Å². The largest absolute Gasteiger partial charge is 0.310 e. The third-order valence-electron chi connectivity index (χ3n) is 16.5. The summed E-state index contributed by atoms with van der Waals surface area (Å²) in [7, 11) is 0. The summed E-state index contributed by atoms with van der Waals surface area (Å²) in [6, 6.07) is 50.9. The highest BCUT2D eigenvalue weighted by atomic mass is 15.2.